The van der Waals surface area contributed by atoms with E-state index in [1.807, 2.05) is 0 Å². The van der Waals surface area contributed by atoms with E-state index in [9.17, 15) is 0 Å². The number of halogens is 1. The van der Waals surface area contributed by atoms with E-state index in [0.29, 0.717) is 0 Å². The van der Waals surface area contributed by atoms with Crippen LogP contribution < -0.4 is 5.32 Å². The SMILES string of the molecule is Br.C1CC2CCC(C1)N2. The van der Waals surface area contributed by atoms with Crippen molar-refractivity contribution < 1.29 is 0 Å². The van der Waals surface area contributed by atoms with Crippen LogP contribution in [0.1, 0.15) is 32.1 Å². The zero-order valence-electron chi connectivity index (χ0n) is 5.60. The van der Waals surface area contributed by atoms with E-state index in [4.69, 9.17) is 0 Å². The van der Waals surface area contributed by atoms with Crippen molar-refractivity contribution in [2.45, 2.75) is 44.2 Å². The molecule has 2 saturated heterocycles. The predicted molar refractivity (Wildman–Crippen MR) is 44.1 cm³/mol. The second kappa shape index (κ2) is 3.02. The summed E-state index contributed by atoms with van der Waals surface area (Å²) in [5.74, 6) is 0. The third-order valence-electron chi connectivity index (χ3n) is 2.44. The Kier molecular flexibility index (Phi) is 2.53. The van der Waals surface area contributed by atoms with Crippen molar-refractivity contribution in [3.63, 3.8) is 0 Å². The Labute approximate surface area is 67.0 Å². The van der Waals surface area contributed by atoms with E-state index in [-0.39, 0.29) is 17.0 Å². The van der Waals surface area contributed by atoms with Gasteiger partial charge in [0.05, 0.1) is 0 Å². The van der Waals surface area contributed by atoms with Gasteiger partial charge >= 0.3 is 0 Å². The molecule has 0 radical (unpaired) electrons. The molecule has 2 fully saturated rings. The summed E-state index contributed by atoms with van der Waals surface area (Å²) >= 11 is 0. The fourth-order valence-corrected chi connectivity index (χ4v) is 1.97. The highest BCUT2D eigenvalue weighted by Gasteiger charge is 2.26. The van der Waals surface area contributed by atoms with E-state index >= 15 is 0 Å². The highest BCUT2D eigenvalue weighted by molar-refractivity contribution is 8.93. The maximum atomic E-state index is 3.59. The molecule has 1 nitrogen and oxygen atoms in total. The van der Waals surface area contributed by atoms with Crippen molar-refractivity contribution in [1.82, 2.24) is 5.32 Å². The van der Waals surface area contributed by atoms with Crippen molar-refractivity contribution in [1.29, 1.82) is 0 Å². The lowest BCUT2D eigenvalue weighted by Gasteiger charge is -2.19. The number of fused-ring (bicyclic) bond motifs is 2. The molecule has 0 aromatic carbocycles. The van der Waals surface area contributed by atoms with E-state index in [0.717, 1.165) is 12.1 Å². The van der Waals surface area contributed by atoms with Crippen LogP contribution in [0.25, 0.3) is 0 Å². The minimum atomic E-state index is 0. The Bertz CT molecular complexity index is 80.9. The molecule has 2 aliphatic rings. The average Bonchev–Trinajstić information content (AvgIpc) is 2.12. The molecule has 2 rings (SSSR count). The van der Waals surface area contributed by atoms with Gasteiger partial charge in [0.2, 0.25) is 0 Å². The van der Waals surface area contributed by atoms with Crippen LogP contribution in [0.5, 0.6) is 0 Å². The van der Waals surface area contributed by atoms with Crippen molar-refractivity contribution in [2.75, 3.05) is 0 Å². The summed E-state index contributed by atoms with van der Waals surface area (Å²) in [6, 6.07) is 1.82. The van der Waals surface area contributed by atoms with Crippen molar-refractivity contribution >= 4 is 17.0 Å². The van der Waals surface area contributed by atoms with Gasteiger partial charge in [0.25, 0.3) is 0 Å². The van der Waals surface area contributed by atoms with Crippen LogP contribution in [-0.4, -0.2) is 12.1 Å². The Morgan fingerprint density at radius 3 is 1.89 bits per heavy atom. The fraction of sp³-hybridized carbons (Fsp3) is 1.00. The largest absolute Gasteiger partial charge is 0.311 e. The minimum absolute atomic E-state index is 0. The Morgan fingerprint density at radius 2 is 1.44 bits per heavy atom. The quantitative estimate of drug-likeness (QED) is 0.617. The maximum absolute atomic E-state index is 3.59. The van der Waals surface area contributed by atoms with Crippen LogP contribution in [0.3, 0.4) is 0 Å². The zero-order chi connectivity index (χ0) is 5.40. The van der Waals surface area contributed by atoms with Gasteiger partial charge in [-0.15, -0.1) is 17.0 Å². The molecule has 0 aliphatic carbocycles. The number of hydrogen-bond donors (Lipinski definition) is 1. The monoisotopic (exact) mass is 191 g/mol. The molecule has 0 aromatic heterocycles. The summed E-state index contributed by atoms with van der Waals surface area (Å²) in [6.45, 7) is 0. The first-order valence-corrected chi connectivity index (χ1v) is 3.71. The molecule has 2 aliphatic heterocycles. The van der Waals surface area contributed by atoms with Crippen LogP contribution >= 0.6 is 17.0 Å². The molecule has 1 N–H and O–H groups in total. The molecule has 0 amide bonds. The predicted octanol–water partition coefficient (Wildman–Crippen LogP) is 1.87. The molecule has 2 heterocycles. The van der Waals surface area contributed by atoms with E-state index in [1.165, 1.54) is 32.1 Å². The molecule has 54 valence electrons. The van der Waals surface area contributed by atoms with Crippen LogP contribution in [0.2, 0.25) is 0 Å². The number of piperidine rings is 1. The fourth-order valence-electron chi connectivity index (χ4n) is 1.97. The van der Waals surface area contributed by atoms with E-state index in [1.54, 1.807) is 0 Å². The zero-order valence-corrected chi connectivity index (χ0v) is 7.31. The lowest BCUT2D eigenvalue weighted by Crippen LogP contribution is -2.33. The minimum Gasteiger partial charge on any atom is -0.311 e. The van der Waals surface area contributed by atoms with Gasteiger partial charge in [-0.25, -0.2) is 0 Å². The molecule has 2 atom stereocenters. The lowest BCUT2D eigenvalue weighted by atomic mass is 10.1. The first-order valence-electron chi connectivity index (χ1n) is 3.71. The molecule has 2 unspecified atom stereocenters. The smallest absolute Gasteiger partial charge is 0.00702 e. The Morgan fingerprint density at radius 1 is 0.889 bits per heavy atom. The topological polar surface area (TPSA) is 12.0 Å². The van der Waals surface area contributed by atoms with Crippen molar-refractivity contribution in [3.05, 3.63) is 0 Å². The molecule has 0 saturated carbocycles. The third kappa shape index (κ3) is 1.47. The lowest BCUT2D eigenvalue weighted by molar-refractivity contribution is 0.406. The molecule has 0 spiro atoms. The molecule has 0 aromatic rings. The maximum Gasteiger partial charge on any atom is 0.00702 e. The second-order valence-corrected chi connectivity index (χ2v) is 3.07. The second-order valence-electron chi connectivity index (χ2n) is 3.07. The summed E-state index contributed by atoms with van der Waals surface area (Å²) in [5.41, 5.74) is 0. The summed E-state index contributed by atoms with van der Waals surface area (Å²) in [5, 5.41) is 3.59. The van der Waals surface area contributed by atoms with Crippen LogP contribution in [0.15, 0.2) is 0 Å². The van der Waals surface area contributed by atoms with Crippen molar-refractivity contribution in [2.24, 2.45) is 0 Å². The van der Waals surface area contributed by atoms with Gasteiger partial charge in [0.15, 0.2) is 0 Å². The van der Waals surface area contributed by atoms with Gasteiger partial charge in [-0.2, -0.15) is 0 Å². The summed E-state index contributed by atoms with van der Waals surface area (Å²) < 4.78 is 0. The first kappa shape index (κ1) is 7.55. The Hall–Kier alpha value is 0.440. The number of nitrogens with one attached hydrogen (secondary N) is 1. The normalized spacial score (nSPS) is 40.0. The van der Waals surface area contributed by atoms with Gasteiger partial charge < -0.3 is 5.32 Å². The Balaban J connectivity index is 0.000000405. The van der Waals surface area contributed by atoms with E-state index in [2.05, 4.69) is 5.32 Å². The molecule has 2 heteroatoms. The van der Waals surface area contributed by atoms with Gasteiger partial charge in [-0.1, -0.05) is 6.42 Å². The van der Waals surface area contributed by atoms with Crippen LogP contribution in [-0.2, 0) is 0 Å². The highest BCUT2D eigenvalue weighted by atomic mass is 79.9. The molecular weight excluding hydrogens is 178 g/mol. The summed E-state index contributed by atoms with van der Waals surface area (Å²) in [7, 11) is 0. The van der Waals surface area contributed by atoms with Gasteiger partial charge in [0, 0.05) is 12.1 Å². The molecular formula is C7H14BrN. The van der Waals surface area contributed by atoms with Gasteiger partial charge in [0.1, 0.15) is 0 Å². The van der Waals surface area contributed by atoms with Crippen molar-refractivity contribution in [3.8, 4) is 0 Å². The average molecular weight is 192 g/mol. The number of hydrogen-bond acceptors (Lipinski definition) is 1. The van der Waals surface area contributed by atoms with E-state index < -0.39 is 0 Å². The summed E-state index contributed by atoms with van der Waals surface area (Å²) in [6.07, 6.45) is 7.25. The first-order chi connectivity index (χ1) is 3.95. The molecule has 9 heavy (non-hydrogen) atoms. The van der Waals surface area contributed by atoms with Gasteiger partial charge in [-0.3, -0.25) is 0 Å². The van der Waals surface area contributed by atoms with Crippen LogP contribution in [0.4, 0.5) is 0 Å². The summed E-state index contributed by atoms with van der Waals surface area (Å²) in [4.78, 5) is 0. The van der Waals surface area contributed by atoms with Crippen LogP contribution in [0, 0.1) is 0 Å². The van der Waals surface area contributed by atoms with Gasteiger partial charge in [-0.05, 0) is 25.7 Å². The standard InChI is InChI=1S/C7H13N.BrH/c1-2-6-4-5-7(3-1)8-6;/h6-8H,1-5H2;1H. The third-order valence-corrected chi connectivity index (χ3v) is 2.44. The molecule has 2 bridgehead atoms. The number of rotatable bonds is 0. The highest BCUT2D eigenvalue weighted by Crippen LogP contribution is 2.25.